The Hall–Kier alpha value is -2.14. The summed E-state index contributed by atoms with van der Waals surface area (Å²) in [6, 6.07) is 8.22. The Morgan fingerprint density at radius 1 is 1.32 bits per heavy atom. The number of hydrogen-bond acceptors (Lipinski definition) is 3. The van der Waals surface area contributed by atoms with E-state index in [-0.39, 0.29) is 12.5 Å². The molecule has 0 spiro atoms. The molecular weight excluding hydrogens is 278 g/mol. The van der Waals surface area contributed by atoms with Gasteiger partial charge in [-0.25, -0.2) is 4.98 Å². The third kappa shape index (κ3) is 4.43. The van der Waals surface area contributed by atoms with Crippen LogP contribution in [-0.2, 0) is 24.8 Å². The van der Waals surface area contributed by atoms with Crippen molar-refractivity contribution in [3.8, 4) is 0 Å². The number of carbonyl (C=O) groups excluding carboxylic acids is 1. The molecule has 5 heteroatoms. The summed E-state index contributed by atoms with van der Waals surface area (Å²) in [6.45, 7) is 2.83. The van der Waals surface area contributed by atoms with Crippen molar-refractivity contribution < 1.29 is 9.90 Å². The van der Waals surface area contributed by atoms with Gasteiger partial charge in [0.15, 0.2) is 0 Å². The molecule has 0 fully saturated rings. The first-order valence-electron chi connectivity index (χ1n) is 7.49. The van der Waals surface area contributed by atoms with Crippen LogP contribution in [0.5, 0.6) is 0 Å². The van der Waals surface area contributed by atoms with E-state index in [1.54, 1.807) is 17.4 Å². The highest BCUT2D eigenvalue weighted by Gasteiger charge is 2.15. The van der Waals surface area contributed by atoms with Crippen molar-refractivity contribution in [2.45, 2.75) is 26.3 Å². The van der Waals surface area contributed by atoms with Crippen LogP contribution in [0.25, 0.3) is 0 Å². The Labute approximate surface area is 131 Å². The molecule has 0 saturated heterocycles. The third-order valence-corrected chi connectivity index (χ3v) is 3.74. The van der Waals surface area contributed by atoms with Crippen molar-refractivity contribution in [2.75, 3.05) is 13.2 Å². The summed E-state index contributed by atoms with van der Waals surface area (Å²) in [5.74, 6) is 0.0517. The lowest BCUT2D eigenvalue weighted by Gasteiger charge is -2.22. The molecule has 0 bridgehead atoms. The summed E-state index contributed by atoms with van der Waals surface area (Å²) in [5, 5.41) is 9.18. The number of aliphatic hydroxyl groups is 1. The van der Waals surface area contributed by atoms with Crippen LogP contribution in [-0.4, -0.2) is 38.6 Å². The van der Waals surface area contributed by atoms with Crippen molar-refractivity contribution in [3.05, 3.63) is 53.6 Å². The Balaban J connectivity index is 1.94. The normalized spacial score (nSPS) is 10.7. The number of nitrogens with zero attached hydrogens (tertiary/aromatic N) is 3. The highest BCUT2D eigenvalue weighted by Crippen LogP contribution is 2.09. The standard InChI is InChI=1S/C17H23N3O2/c1-14-3-5-15(6-4-14)7-8-17(22)20(9-10-21)12-16-11-18-13-19(16)2/h3-6,11,13,21H,7-10,12H2,1-2H3. The first-order chi connectivity index (χ1) is 10.6. The topological polar surface area (TPSA) is 58.4 Å². The number of carbonyl (C=O) groups is 1. The third-order valence-electron chi connectivity index (χ3n) is 3.74. The van der Waals surface area contributed by atoms with Crippen molar-refractivity contribution >= 4 is 5.91 Å². The lowest BCUT2D eigenvalue weighted by Crippen LogP contribution is -2.33. The average molecular weight is 301 g/mol. The van der Waals surface area contributed by atoms with Crippen LogP contribution in [0.3, 0.4) is 0 Å². The number of rotatable bonds is 7. The zero-order chi connectivity index (χ0) is 15.9. The van der Waals surface area contributed by atoms with Crippen molar-refractivity contribution in [1.29, 1.82) is 0 Å². The Kier molecular flexibility index (Phi) is 5.72. The first kappa shape index (κ1) is 16.2. The van der Waals surface area contributed by atoms with Gasteiger partial charge in [0.1, 0.15) is 0 Å². The fraction of sp³-hybridized carbons (Fsp3) is 0.412. The van der Waals surface area contributed by atoms with E-state index in [1.807, 2.05) is 18.5 Å². The van der Waals surface area contributed by atoms with Gasteiger partial charge in [-0.15, -0.1) is 0 Å². The van der Waals surface area contributed by atoms with Crippen LogP contribution in [0, 0.1) is 6.92 Å². The Bertz CT molecular complexity index is 605. The number of amides is 1. The summed E-state index contributed by atoms with van der Waals surface area (Å²) < 4.78 is 1.89. The maximum absolute atomic E-state index is 12.4. The SMILES string of the molecule is Cc1ccc(CCC(=O)N(CCO)Cc2cncn2C)cc1. The van der Waals surface area contributed by atoms with Gasteiger partial charge in [-0.05, 0) is 18.9 Å². The van der Waals surface area contributed by atoms with E-state index >= 15 is 0 Å². The minimum Gasteiger partial charge on any atom is -0.395 e. The van der Waals surface area contributed by atoms with Crippen LogP contribution in [0.15, 0.2) is 36.8 Å². The Morgan fingerprint density at radius 2 is 2.05 bits per heavy atom. The molecular formula is C17H23N3O2. The van der Waals surface area contributed by atoms with Gasteiger partial charge in [0.25, 0.3) is 0 Å². The molecule has 1 amide bonds. The molecule has 1 aromatic carbocycles. The summed E-state index contributed by atoms with van der Waals surface area (Å²) in [6.07, 6.45) is 4.62. The van der Waals surface area contributed by atoms with E-state index < -0.39 is 0 Å². The van der Waals surface area contributed by atoms with E-state index in [1.165, 1.54) is 5.56 Å². The summed E-state index contributed by atoms with van der Waals surface area (Å²) in [5.41, 5.74) is 3.33. The number of benzene rings is 1. The monoisotopic (exact) mass is 301 g/mol. The summed E-state index contributed by atoms with van der Waals surface area (Å²) >= 11 is 0. The minimum absolute atomic E-state index is 0.0336. The zero-order valence-electron chi connectivity index (χ0n) is 13.2. The zero-order valence-corrected chi connectivity index (χ0v) is 13.2. The van der Waals surface area contributed by atoms with Crippen LogP contribution in [0.2, 0.25) is 0 Å². The second-order valence-corrected chi connectivity index (χ2v) is 5.52. The highest BCUT2D eigenvalue weighted by atomic mass is 16.3. The van der Waals surface area contributed by atoms with Gasteiger partial charge in [-0.3, -0.25) is 4.79 Å². The van der Waals surface area contributed by atoms with Gasteiger partial charge >= 0.3 is 0 Å². The van der Waals surface area contributed by atoms with Gasteiger partial charge in [-0.2, -0.15) is 0 Å². The van der Waals surface area contributed by atoms with Gasteiger partial charge in [0, 0.05) is 26.2 Å². The van der Waals surface area contributed by atoms with E-state index in [9.17, 15) is 9.90 Å². The Morgan fingerprint density at radius 3 is 2.64 bits per heavy atom. The minimum atomic E-state index is -0.0336. The molecule has 1 N–H and O–H groups in total. The van der Waals surface area contributed by atoms with Crippen LogP contribution in [0.4, 0.5) is 0 Å². The molecule has 0 aliphatic heterocycles. The average Bonchev–Trinajstić information content (AvgIpc) is 2.91. The number of aromatic nitrogens is 2. The second kappa shape index (κ2) is 7.75. The molecule has 2 aromatic rings. The summed E-state index contributed by atoms with van der Waals surface area (Å²) in [4.78, 5) is 18.1. The van der Waals surface area contributed by atoms with E-state index in [2.05, 4.69) is 29.2 Å². The van der Waals surface area contributed by atoms with Crippen LogP contribution >= 0.6 is 0 Å². The van der Waals surface area contributed by atoms with Crippen molar-refractivity contribution in [2.24, 2.45) is 7.05 Å². The lowest BCUT2D eigenvalue weighted by molar-refractivity contribution is -0.132. The molecule has 118 valence electrons. The molecule has 1 aromatic heterocycles. The van der Waals surface area contributed by atoms with Gasteiger partial charge < -0.3 is 14.6 Å². The smallest absolute Gasteiger partial charge is 0.223 e. The fourth-order valence-corrected chi connectivity index (χ4v) is 2.31. The maximum Gasteiger partial charge on any atom is 0.223 e. The van der Waals surface area contributed by atoms with E-state index in [0.29, 0.717) is 25.9 Å². The molecule has 0 radical (unpaired) electrons. The molecule has 5 nitrogen and oxygen atoms in total. The number of imidazole rings is 1. The van der Waals surface area contributed by atoms with Gasteiger partial charge in [-0.1, -0.05) is 29.8 Å². The maximum atomic E-state index is 12.4. The molecule has 0 unspecified atom stereocenters. The molecule has 2 rings (SSSR count). The molecule has 22 heavy (non-hydrogen) atoms. The largest absolute Gasteiger partial charge is 0.395 e. The number of aryl methyl sites for hydroxylation is 3. The molecule has 0 saturated carbocycles. The van der Waals surface area contributed by atoms with E-state index in [0.717, 1.165) is 11.3 Å². The number of hydrogen-bond donors (Lipinski definition) is 1. The molecule has 1 heterocycles. The molecule has 0 atom stereocenters. The lowest BCUT2D eigenvalue weighted by atomic mass is 10.1. The fourth-order valence-electron chi connectivity index (χ4n) is 2.31. The molecule has 0 aliphatic rings. The predicted octanol–water partition coefficient (Wildman–Crippen LogP) is 1.68. The van der Waals surface area contributed by atoms with Crippen LogP contribution < -0.4 is 0 Å². The molecule has 0 aliphatic carbocycles. The second-order valence-electron chi connectivity index (χ2n) is 5.52. The van der Waals surface area contributed by atoms with Crippen molar-refractivity contribution in [3.63, 3.8) is 0 Å². The van der Waals surface area contributed by atoms with Crippen LogP contribution in [0.1, 0.15) is 23.2 Å². The predicted molar refractivity (Wildman–Crippen MR) is 85.2 cm³/mol. The highest BCUT2D eigenvalue weighted by molar-refractivity contribution is 5.76. The van der Waals surface area contributed by atoms with Gasteiger partial charge in [0.2, 0.25) is 5.91 Å². The van der Waals surface area contributed by atoms with Gasteiger partial charge in [0.05, 0.1) is 25.2 Å². The van der Waals surface area contributed by atoms with Crippen molar-refractivity contribution in [1.82, 2.24) is 14.5 Å². The number of aliphatic hydroxyl groups excluding tert-OH is 1. The summed E-state index contributed by atoms with van der Waals surface area (Å²) in [7, 11) is 1.90. The first-order valence-corrected chi connectivity index (χ1v) is 7.49. The quantitative estimate of drug-likeness (QED) is 0.846. The van der Waals surface area contributed by atoms with E-state index in [4.69, 9.17) is 0 Å².